The predicted molar refractivity (Wildman–Crippen MR) is 114 cm³/mol. The monoisotopic (exact) mass is 424 g/mol. The van der Waals surface area contributed by atoms with Crippen LogP contribution in [0.5, 0.6) is 5.75 Å². The average Bonchev–Trinajstić information content (AvgIpc) is 3.13. The van der Waals surface area contributed by atoms with Crippen molar-refractivity contribution in [1.82, 2.24) is 24.9 Å². The van der Waals surface area contributed by atoms with Gasteiger partial charge in [0.2, 0.25) is 0 Å². The van der Waals surface area contributed by atoms with Crippen LogP contribution in [-0.4, -0.2) is 63.1 Å². The average molecular weight is 424 g/mol. The molecule has 0 aliphatic carbocycles. The van der Waals surface area contributed by atoms with Gasteiger partial charge in [0.25, 0.3) is 5.91 Å². The van der Waals surface area contributed by atoms with E-state index < -0.39 is 11.9 Å². The number of piperazine rings is 1. The highest BCUT2D eigenvalue weighted by Gasteiger charge is 2.27. The summed E-state index contributed by atoms with van der Waals surface area (Å²) in [6.45, 7) is 7.88. The second kappa shape index (κ2) is 8.71. The number of hydrogen-bond acceptors (Lipinski definition) is 6. The Balaban J connectivity index is 1.34. The van der Waals surface area contributed by atoms with Crippen molar-refractivity contribution < 1.29 is 13.9 Å². The summed E-state index contributed by atoms with van der Waals surface area (Å²) in [5.74, 6) is 0.874. The first-order valence-electron chi connectivity index (χ1n) is 10.2. The molecule has 1 aliphatic rings. The molecule has 1 amide bonds. The fourth-order valence-electron chi connectivity index (χ4n) is 3.65. The van der Waals surface area contributed by atoms with Gasteiger partial charge in [-0.3, -0.25) is 4.79 Å². The molecule has 4 rings (SSSR count). The quantitative estimate of drug-likeness (QED) is 0.627. The summed E-state index contributed by atoms with van der Waals surface area (Å²) in [5.41, 5.74) is 1.93. The molecule has 0 radical (unpaired) electrons. The molecule has 3 heterocycles. The lowest BCUT2D eigenvalue weighted by Crippen LogP contribution is -2.52. The number of benzene rings is 1. The van der Waals surface area contributed by atoms with Crippen LogP contribution in [0.25, 0.3) is 5.82 Å². The number of para-hydroxylation sites is 1. The summed E-state index contributed by atoms with van der Waals surface area (Å²) in [6.07, 6.45) is -0.761. The zero-order chi connectivity index (χ0) is 22.0. The van der Waals surface area contributed by atoms with Crippen LogP contribution in [0.3, 0.4) is 0 Å². The largest absolute Gasteiger partial charge is 0.478 e. The molecule has 1 aliphatic heterocycles. The summed E-state index contributed by atoms with van der Waals surface area (Å²) in [5, 5.41) is 13.1. The molecule has 1 fully saturated rings. The van der Waals surface area contributed by atoms with Crippen LogP contribution < -0.4 is 9.64 Å². The van der Waals surface area contributed by atoms with E-state index in [0.29, 0.717) is 32.0 Å². The van der Waals surface area contributed by atoms with Gasteiger partial charge in [0.15, 0.2) is 29.3 Å². The molecule has 0 saturated carbocycles. The second-order valence-corrected chi connectivity index (χ2v) is 7.59. The zero-order valence-corrected chi connectivity index (χ0v) is 17.8. The first-order chi connectivity index (χ1) is 14.9. The number of aromatic nitrogens is 4. The molecule has 0 N–H and O–H groups in total. The third kappa shape index (κ3) is 4.50. The van der Waals surface area contributed by atoms with E-state index >= 15 is 0 Å². The van der Waals surface area contributed by atoms with Crippen molar-refractivity contribution in [3.8, 4) is 11.6 Å². The fourth-order valence-corrected chi connectivity index (χ4v) is 3.65. The van der Waals surface area contributed by atoms with Gasteiger partial charge < -0.3 is 14.5 Å². The number of amides is 1. The number of hydrogen-bond donors (Lipinski definition) is 0. The number of carbonyl (C=O) groups is 1. The normalized spacial score (nSPS) is 15.1. The first kappa shape index (κ1) is 20.8. The Hall–Kier alpha value is -3.49. The number of anilines is 1. The van der Waals surface area contributed by atoms with Crippen molar-refractivity contribution >= 4 is 11.7 Å². The molecule has 1 unspecified atom stereocenters. The van der Waals surface area contributed by atoms with Crippen LogP contribution in [0.4, 0.5) is 10.2 Å². The number of nitrogens with zero attached hydrogens (tertiary/aromatic N) is 6. The Morgan fingerprint density at radius 1 is 1.03 bits per heavy atom. The standard InChI is InChI=1S/C22H25FN6O2/c1-15-14-16(2)29(26-15)21-9-8-20(24-25-21)27-10-12-28(13-11-27)22(30)17(3)31-19-7-5-4-6-18(19)23/h4-9,14,17H,10-13H2,1-3H3. The van der Waals surface area contributed by atoms with Crippen LogP contribution in [0.1, 0.15) is 18.3 Å². The molecule has 0 spiro atoms. The molecule has 1 atom stereocenters. The zero-order valence-electron chi connectivity index (χ0n) is 17.8. The third-order valence-electron chi connectivity index (χ3n) is 5.27. The highest BCUT2D eigenvalue weighted by molar-refractivity contribution is 5.81. The van der Waals surface area contributed by atoms with Crippen molar-refractivity contribution in [1.29, 1.82) is 0 Å². The maximum Gasteiger partial charge on any atom is 0.263 e. The first-order valence-corrected chi connectivity index (χ1v) is 10.2. The number of ether oxygens (including phenoxy) is 1. The highest BCUT2D eigenvalue weighted by atomic mass is 19.1. The number of rotatable bonds is 5. The number of halogens is 1. The molecule has 162 valence electrons. The van der Waals surface area contributed by atoms with Gasteiger partial charge in [0.05, 0.1) is 5.69 Å². The van der Waals surface area contributed by atoms with Gasteiger partial charge in [0, 0.05) is 31.9 Å². The molecule has 9 heteroatoms. The molecular weight excluding hydrogens is 399 g/mol. The minimum Gasteiger partial charge on any atom is -0.478 e. The number of aryl methyl sites for hydroxylation is 2. The minimum atomic E-state index is -0.761. The molecule has 1 saturated heterocycles. The molecule has 8 nitrogen and oxygen atoms in total. The van der Waals surface area contributed by atoms with E-state index in [2.05, 4.69) is 20.2 Å². The van der Waals surface area contributed by atoms with Gasteiger partial charge in [-0.2, -0.15) is 5.10 Å². The smallest absolute Gasteiger partial charge is 0.263 e. The molecular formula is C22H25FN6O2. The van der Waals surface area contributed by atoms with E-state index in [1.54, 1.807) is 28.6 Å². The summed E-state index contributed by atoms with van der Waals surface area (Å²) in [7, 11) is 0. The van der Waals surface area contributed by atoms with E-state index in [0.717, 1.165) is 17.2 Å². The van der Waals surface area contributed by atoms with E-state index in [1.807, 2.05) is 32.0 Å². The summed E-state index contributed by atoms with van der Waals surface area (Å²) >= 11 is 0. The maximum absolute atomic E-state index is 13.8. The highest BCUT2D eigenvalue weighted by Crippen LogP contribution is 2.19. The molecule has 0 bridgehead atoms. The Morgan fingerprint density at radius 3 is 2.32 bits per heavy atom. The van der Waals surface area contributed by atoms with Gasteiger partial charge in [-0.05, 0) is 51.1 Å². The van der Waals surface area contributed by atoms with Gasteiger partial charge in [-0.25, -0.2) is 9.07 Å². The lowest BCUT2D eigenvalue weighted by atomic mass is 10.2. The topological polar surface area (TPSA) is 76.4 Å². The van der Waals surface area contributed by atoms with Crippen molar-refractivity contribution in [2.24, 2.45) is 0 Å². The Kier molecular flexibility index (Phi) is 5.83. The van der Waals surface area contributed by atoms with Crippen molar-refractivity contribution in [3.63, 3.8) is 0 Å². The molecule has 1 aromatic carbocycles. The van der Waals surface area contributed by atoms with Crippen LogP contribution in [-0.2, 0) is 4.79 Å². The van der Waals surface area contributed by atoms with E-state index in [9.17, 15) is 9.18 Å². The summed E-state index contributed by atoms with van der Waals surface area (Å²) in [4.78, 5) is 16.5. The van der Waals surface area contributed by atoms with Gasteiger partial charge >= 0.3 is 0 Å². The van der Waals surface area contributed by atoms with Gasteiger partial charge in [-0.1, -0.05) is 12.1 Å². The van der Waals surface area contributed by atoms with Crippen molar-refractivity contribution in [2.45, 2.75) is 26.9 Å². The van der Waals surface area contributed by atoms with Gasteiger partial charge in [-0.15, -0.1) is 10.2 Å². The Labute approximate surface area is 180 Å². The van der Waals surface area contributed by atoms with Crippen LogP contribution in [0.2, 0.25) is 0 Å². The lowest BCUT2D eigenvalue weighted by molar-refractivity contribution is -0.138. The lowest BCUT2D eigenvalue weighted by Gasteiger charge is -2.36. The van der Waals surface area contributed by atoms with Crippen LogP contribution >= 0.6 is 0 Å². The number of carbonyl (C=O) groups excluding carboxylic acids is 1. The Bertz CT molecular complexity index is 1060. The Morgan fingerprint density at radius 2 is 1.71 bits per heavy atom. The molecule has 2 aromatic heterocycles. The molecule has 3 aromatic rings. The van der Waals surface area contributed by atoms with E-state index in [1.165, 1.54) is 12.1 Å². The summed E-state index contributed by atoms with van der Waals surface area (Å²) in [6, 6.07) is 11.9. The van der Waals surface area contributed by atoms with Crippen LogP contribution in [0, 0.1) is 19.7 Å². The third-order valence-corrected chi connectivity index (χ3v) is 5.27. The summed E-state index contributed by atoms with van der Waals surface area (Å²) < 4.78 is 21.1. The predicted octanol–water partition coefficient (Wildman–Crippen LogP) is 2.53. The van der Waals surface area contributed by atoms with E-state index in [-0.39, 0.29) is 11.7 Å². The maximum atomic E-state index is 13.8. The van der Waals surface area contributed by atoms with Crippen LogP contribution in [0.15, 0.2) is 42.5 Å². The fraction of sp³-hybridized carbons (Fsp3) is 0.364. The van der Waals surface area contributed by atoms with Crippen molar-refractivity contribution in [3.05, 3.63) is 59.7 Å². The minimum absolute atomic E-state index is 0.0833. The van der Waals surface area contributed by atoms with Gasteiger partial charge in [0.1, 0.15) is 0 Å². The molecule has 31 heavy (non-hydrogen) atoms. The SMILES string of the molecule is Cc1cc(C)n(-c2ccc(N3CCN(C(=O)C(C)Oc4ccccc4F)CC3)nn2)n1. The second-order valence-electron chi connectivity index (χ2n) is 7.59. The van der Waals surface area contributed by atoms with E-state index in [4.69, 9.17) is 4.74 Å². The van der Waals surface area contributed by atoms with Crippen molar-refractivity contribution in [2.75, 3.05) is 31.1 Å².